The first-order valence-corrected chi connectivity index (χ1v) is 6.92. The van der Waals surface area contributed by atoms with Crippen LogP contribution >= 0.6 is 0 Å². The van der Waals surface area contributed by atoms with Crippen LogP contribution in [0.3, 0.4) is 0 Å². The van der Waals surface area contributed by atoms with Crippen LogP contribution in [-0.4, -0.2) is 26.0 Å². The molecule has 0 spiro atoms. The van der Waals surface area contributed by atoms with E-state index in [4.69, 9.17) is 0 Å². The Morgan fingerprint density at radius 1 is 1.19 bits per heavy atom. The van der Waals surface area contributed by atoms with Crippen LogP contribution in [0, 0.1) is 0 Å². The minimum absolute atomic E-state index is 0.194. The van der Waals surface area contributed by atoms with E-state index in [-0.39, 0.29) is 5.56 Å². The Bertz CT molecular complexity index is 867. The maximum Gasteiger partial charge on any atom is 0.338 e. The predicted octanol–water partition coefficient (Wildman–Crippen LogP) is 2.81. The number of carbonyl (C=O) groups is 1. The summed E-state index contributed by atoms with van der Waals surface area (Å²) in [6.45, 7) is 0. The van der Waals surface area contributed by atoms with Crippen molar-refractivity contribution in [2.24, 2.45) is 0 Å². The van der Waals surface area contributed by atoms with E-state index in [1.165, 1.54) is 29.8 Å². The van der Waals surface area contributed by atoms with Crippen LogP contribution in [0.1, 0.15) is 27.9 Å². The lowest BCUT2D eigenvalue weighted by Gasteiger charge is -2.01. The second-order valence-electron chi connectivity index (χ2n) is 5.28. The van der Waals surface area contributed by atoms with Gasteiger partial charge in [0.2, 0.25) is 0 Å². The monoisotopic (exact) mass is 279 g/mol. The highest BCUT2D eigenvalue weighted by Gasteiger charge is 2.16. The van der Waals surface area contributed by atoms with E-state index in [0.29, 0.717) is 17.0 Å². The third kappa shape index (κ3) is 1.89. The van der Waals surface area contributed by atoms with Gasteiger partial charge < -0.3 is 10.1 Å². The average molecular weight is 279 g/mol. The molecule has 0 radical (unpaired) electrons. The van der Waals surface area contributed by atoms with Gasteiger partial charge >= 0.3 is 5.97 Å². The molecule has 0 atom stereocenters. The van der Waals surface area contributed by atoms with Gasteiger partial charge in [0, 0.05) is 11.8 Å². The summed E-state index contributed by atoms with van der Waals surface area (Å²) in [6, 6.07) is 7.79. The average Bonchev–Trinajstić information content (AvgIpc) is 3.11. The number of benzene rings is 1. The number of aryl methyl sites for hydroxylation is 2. The number of aromatic carboxylic acids is 1. The zero-order chi connectivity index (χ0) is 14.4. The molecule has 5 heteroatoms. The molecular formula is C16H13N3O2. The number of fused-ring (bicyclic) bond motifs is 2. The maximum atomic E-state index is 11.2. The number of carboxylic acid groups (broad SMARTS) is 1. The Balaban J connectivity index is 1.87. The Morgan fingerprint density at radius 3 is 2.90 bits per heavy atom. The number of carboxylic acids is 1. The summed E-state index contributed by atoms with van der Waals surface area (Å²) in [5.74, 6) is -0.313. The fourth-order valence-electron chi connectivity index (χ4n) is 2.95. The summed E-state index contributed by atoms with van der Waals surface area (Å²) in [5.41, 5.74) is 4.84. The molecule has 2 heterocycles. The van der Waals surface area contributed by atoms with Gasteiger partial charge in [-0.2, -0.15) is 0 Å². The minimum atomic E-state index is -0.980. The molecule has 2 N–H and O–H groups in total. The lowest BCUT2D eigenvalue weighted by molar-refractivity contribution is 0.0698. The molecule has 1 aromatic carbocycles. The van der Waals surface area contributed by atoms with Crippen molar-refractivity contribution in [1.82, 2.24) is 15.0 Å². The number of imidazole rings is 1. The number of H-pyrrole nitrogens is 1. The number of rotatable bonds is 2. The molecule has 0 aliphatic heterocycles. The summed E-state index contributed by atoms with van der Waals surface area (Å²) in [4.78, 5) is 22.9. The van der Waals surface area contributed by atoms with Gasteiger partial charge in [0.1, 0.15) is 5.82 Å². The first-order valence-electron chi connectivity index (χ1n) is 6.92. The molecule has 3 aromatic rings. The number of aromatic nitrogens is 3. The zero-order valence-corrected chi connectivity index (χ0v) is 11.3. The van der Waals surface area contributed by atoms with E-state index in [1.54, 1.807) is 0 Å². The molecule has 1 aliphatic rings. The second kappa shape index (κ2) is 4.41. The SMILES string of the molecule is O=C(O)c1ccnc2nc(-c3ccc4c(c3)CCC4)[nH]c12. The molecule has 0 amide bonds. The number of pyridine rings is 1. The van der Waals surface area contributed by atoms with E-state index >= 15 is 0 Å². The maximum absolute atomic E-state index is 11.2. The summed E-state index contributed by atoms with van der Waals surface area (Å²) < 4.78 is 0. The highest BCUT2D eigenvalue weighted by molar-refractivity contribution is 6.00. The highest BCUT2D eigenvalue weighted by atomic mass is 16.4. The summed E-state index contributed by atoms with van der Waals surface area (Å²) in [6.07, 6.45) is 4.91. The van der Waals surface area contributed by atoms with Crippen molar-refractivity contribution in [3.8, 4) is 11.4 Å². The van der Waals surface area contributed by atoms with Crippen LogP contribution in [0.15, 0.2) is 30.5 Å². The Labute approximate surface area is 120 Å². The van der Waals surface area contributed by atoms with Crippen LogP contribution in [0.4, 0.5) is 0 Å². The second-order valence-corrected chi connectivity index (χ2v) is 5.28. The van der Waals surface area contributed by atoms with Crippen molar-refractivity contribution in [1.29, 1.82) is 0 Å². The van der Waals surface area contributed by atoms with Gasteiger partial charge in [0.25, 0.3) is 0 Å². The first-order chi connectivity index (χ1) is 10.2. The lowest BCUT2D eigenvalue weighted by atomic mass is 10.1. The molecule has 0 saturated heterocycles. The van der Waals surface area contributed by atoms with Crippen LogP contribution in [0.25, 0.3) is 22.6 Å². The molecule has 5 nitrogen and oxygen atoms in total. The topological polar surface area (TPSA) is 78.9 Å². The van der Waals surface area contributed by atoms with Gasteiger partial charge in [-0.15, -0.1) is 0 Å². The van der Waals surface area contributed by atoms with Gasteiger partial charge in [-0.1, -0.05) is 12.1 Å². The molecule has 4 rings (SSSR count). The van der Waals surface area contributed by atoms with Crippen LogP contribution in [0.5, 0.6) is 0 Å². The van der Waals surface area contributed by atoms with E-state index in [1.807, 2.05) is 6.07 Å². The molecule has 0 saturated carbocycles. The Kier molecular flexibility index (Phi) is 2.54. The van der Waals surface area contributed by atoms with Crippen molar-refractivity contribution < 1.29 is 9.90 Å². The summed E-state index contributed by atoms with van der Waals surface area (Å²) >= 11 is 0. The molecule has 1 aliphatic carbocycles. The van der Waals surface area contributed by atoms with Crippen molar-refractivity contribution >= 4 is 17.1 Å². The van der Waals surface area contributed by atoms with Crippen LogP contribution in [-0.2, 0) is 12.8 Å². The first kappa shape index (κ1) is 12.1. The van der Waals surface area contributed by atoms with Gasteiger partial charge in [-0.3, -0.25) is 0 Å². The molecule has 0 fully saturated rings. The molecule has 21 heavy (non-hydrogen) atoms. The van der Waals surface area contributed by atoms with Gasteiger partial charge in [-0.05, 0) is 42.5 Å². The van der Waals surface area contributed by atoms with Crippen LogP contribution < -0.4 is 0 Å². The van der Waals surface area contributed by atoms with E-state index in [0.717, 1.165) is 18.4 Å². The highest BCUT2D eigenvalue weighted by Crippen LogP contribution is 2.28. The summed E-state index contributed by atoms with van der Waals surface area (Å²) in [5, 5.41) is 9.21. The fraction of sp³-hybridized carbons (Fsp3) is 0.188. The van der Waals surface area contributed by atoms with Gasteiger partial charge in [0.15, 0.2) is 5.65 Å². The molecule has 104 valence electrons. The van der Waals surface area contributed by atoms with E-state index in [2.05, 4.69) is 27.1 Å². The molecule has 2 aromatic heterocycles. The van der Waals surface area contributed by atoms with Crippen molar-refractivity contribution in [2.75, 3.05) is 0 Å². The van der Waals surface area contributed by atoms with E-state index < -0.39 is 5.97 Å². The Morgan fingerprint density at radius 2 is 2.05 bits per heavy atom. The lowest BCUT2D eigenvalue weighted by Crippen LogP contribution is -1.97. The number of nitrogens with zero attached hydrogens (tertiary/aromatic N) is 2. The zero-order valence-electron chi connectivity index (χ0n) is 11.3. The van der Waals surface area contributed by atoms with Gasteiger partial charge in [0.05, 0.1) is 11.1 Å². The fourth-order valence-corrected chi connectivity index (χ4v) is 2.95. The number of hydrogen-bond donors (Lipinski definition) is 2. The smallest absolute Gasteiger partial charge is 0.338 e. The molecule has 0 unspecified atom stereocenters. The van der Waals surface area contributed by atoms with E-state index in [9.17, 15) is 9.90 Å². The normalized spacial score (nSPS) is 13.5. The quantitative estimate of drug-likeness (QED) is 0.756. The third-order valence-electron chi connectivity index (χ3n) is 3.99. The van der Waals surface area contributed by atoms with Gasteiger partial charge in [-0.25, -0.2) is 14.8 Å². The number of nitrogens with one attached hydrogen (secondary N) is 1. The summed E-state index contributed by atoms with van der Waals surface area (Å²) in [7, 11) is 0. The van der Waals surface area contributed by atoms with Crippen molar-refractivity contribution in [3.05, 3.63) is 47.2 Å². The van der Waals surface area contributed by atoms with Crippen LogP contribution in [0.2, 0.25) is 0 Å². The number of aromatic amines is 1. The molecular weight excluding hydrogens is 266 g/mol. The Hall–Kier alpha value is -2.69. The predicted molar refractivity (Wildman–Crippen MR) is 78.3 cm³/mol. The third-order valence-corrected chi connectivity index (χ3v) is 3.99. The standard InChI is InChI=1S/C16H13N3O2/c20-16(21)12-6-7-17-15-13(12)18-14(19-15)11-5-4-9-2-1-3-10(9)8-11/h4-8H,1-3H2,(H,20,21)(H,17,18,19). The van der Waals surface area contributed by atoms with Crippen molar-refractivity contribution in [3.63, 3.8) is 0 Å². The minimum Gasteiger partial charge on any atom is -0.478 e. The molecule has 0 bridgehead atoms. The van der Waals surface area contributed by atoms with Crippen molar-refractivity contribution in [2.45, 2.75) is 19.3 Å². The largest absolute Gasteiger partial charge is 0.478 e. The number of hydrogen-bond acceptors (Lipinski definition) is 3.